The summed E-state index contributed by atoms with van der Waals surface area (Å²) in [5.41, 5.74) is 0. The summed E-state index contributed by atoms with van der Waals surface area (Å²) in [5.74, 6) is 0.00307. The van der Waals surface area contributed by atoms with E-state index in [1.807, 2.05) is 26.0 Å². The molecule has 0 saturated carbocycles. The fourth-order valence-corrected chi connectivity index (χ4v) is 1.05. The molecule has 0 aliphatic rings. The molecule has 0 spiro atoms. The number of allylic oxidation sites excluding steroid dienone is 2. The molecule has 0 saturated heterocycles. The Morgan fingerprint density at radius 3 is 1.45 bits per heavy atom. The lowest BCUT2D eigenvalue weighted by Crippen LogP contribution is -2.19. The minimum absolute atomic E-state index is 0.00153. The van der Waals surface area contributed by atoms with Gasteiger partial charge < -0.3 is 10.6 Å². The highest BCUT2D eigenvalue weighted by Crippen LogP contribution is 1.87. The summed E-state index contributed by atoms with van der Waals surface area (Å²) in [6.45, 7) is 6.72. The third-order valence-corrected chi connectivity index (χ3v) is 2.19. The number of carbonyl (C=O) groups is 2. The van der Waals surface area contributed by atoms with Crippen LogP contribution in [-0.2, 0) is 9.59 Å². The first-order valence-electron chi connectivity index (χ1n) is 6.93. The van der Waals surface area contributed by atoms with Crippen LogP contribution in [0.25, 0.3) is 0 Å². The van der Waals surface area contributed by atoms with E-state index >= 15 is 0 Å². The van der Waals surface area contributed by atoms with Crippen molar-refractivity contribution < 1.29 is 9.59 Å². The predicted molar refractivity (Wildman–Crippen MR) is 85.3 cm³/mol. The van der Waals surface area contributed by atoms with Gasteiger partial charge in [0.1, 0.15) is 0 Å². The van der Waals surface area contributed by atoms with Gasteiger partial charge in [-0.05, 0) is 39.8 Å². The van der Waals surface area contributed by atoms with Gasteiger partial charge >= 0.3 is 0 Å². The Morgan fingerprint density at radius 1 is 0.909 bits per heavy atom. The highest BCUT2D eigenvalue weighted by atomic mass is 16.1. The van der Waals surface area contributed by atoms with Crippen LogP contribution in [-0.4, -0.2) is 23.7 Å². The van der Waals surface area contributed by atoms with E-state index in [0.717, 1.165) is 0 Å². The van der Waals surface area contributed by atoms with Gasteiger partial charge in [-0.25, -0.2) is 0 Å². The van der Waals surface area contributed by atoms with E-state index in [4.69, 9.17) is 10.5 Å². The second-order valence-corrected chi connectivity index (χ2v) is 4.75. The summed E-state index contributed by atoms with van der Waals surface area (Å²) in [7, 11) is 0. The van der Waals surface area contributed by atoms with Crippen molar-refractivity contribution in [2.24, 2.45) is 0 Å². The number of hydrogen-bond acceptors (Lipinski definition) is 6. The molecule has 120 valence electrons. The Hall–Kier alpha value is -2.60. The van der Waals surface area contributed by atoms with E-state index in [0.29, 0.717) is 12.8 Å². The molecule has 2 N–H and O–H groups in total. The van der Waals surface area contributed by atoms with Crippen LogP contribution < -0.4 is 10.6 Å². The second-order valence-electron chi connectivity index (χ2n) is 4.75. The van der Waals surface area contributed by atoms with Gasteiger partial charge in [-0.15, -0.1) is 0 Å². The topological polar surface area (TPSA) is 106 Å². The SMILES string of the molecule is CC(=O)C=CNC(C)CC#N.CC(=O)C=CNC(C)CC#N. The van der Waals surface area contributed by atoms with E-state index in [9.17, 15) is 9.59 Å². The van der Waals surface area contributed by atoms with E-state index in [-0.39, 0.29) is 23.7 Å². The van der Waals surface area contributed by atoms with Gasteiger partial charge in [-0.2, -0.15) is 10.5 Å². The van der Waals surface area contributed by atoms with Crippen molar-refractivity contribution in [1.29, 1.82) is 10.5 Å². The fourth-order valence-electron chi connectivity index (χ4n) is 1.05. The van der Waals surface area contributed by atoms with Crippen molar-refractivity contribution in [1.82, 2.24) is 10.6 Å². The van der Waals surface area contributed by atoms with Crippen LogP contribution in [0.2, 0.25) is 0 Å². The van der Waals surface area contributed by atoms with Gasteiger partial charge in [0.05, 0.1) is 25.0 Å². The molecule has 0 aromatic carbocycles. The van der Waals surface area contributed by atoms with Crippen LogP contribution in [0.15, 0.2) is 24.6 Å². The standard InChI is InChI=1S/2C8H12N2O/c2*1-7(3-5-9)10-6-4-8(2)11/h2*4,6-7,10H,3H2,1-2H3. The van der Waals surface area contributed by atoms with Crippen LogP contribution in [0.4, 0.5) is 0 Å². The normalized spacial score (nSPS) is 12.5. The summed E-state index contributed by atoms with van der Waals surface area (Å²) in [6, 6.07) is 4.26. The number of nitrogens with one attached hydrogen (secondary N) is 2. The van der Waals surface area contributed by atoms with Crippen LogP contribution in [0.3, 0.4) is 0 Å². The Bertz CT molecular complexity index is 426. The van der Waals surface area contributed by atoms with Crippen LogP contribution >= 0.6 is 0 Å². The molecule has 2 atom stereocenters. The fraction of sp³-hybridized carbons (Fsp3) is 0.500. The number of hydrogen-bond donors (Lipinski definition) is 2. The van der Waals surface area contributed by atoms with Crippen molar-refractivity contribution in [2.45, 2.75) is 52.6 Å². The Kier molecular flexibility index (Phi) is 14.6. The molecule has 2 unspecified atom stereocenters. The summed E-state index contributed by atoms with van der Waals surface area (Å²) in [4.78, 5) is 20.8. The first-order chi connectivity index (χ1) is 10.3. The van der Waals surface area contributed by atoms with E-state index in [2.05, 4.69) is 10.6 Å². The van der Waals surface area contributed by atoms with Gasteiger partial charge in [0.2, 0.25) is 0 Å². The number of ketones is 2. The van der Waals surface area contributed by atoms with Crippen LogP contribution in [0.5, 0.6) is 0 Å². The Balaban J connectivity index is 0. The van der Waals surface area contributed by atoms with E-state index in [1.54, 1.807) is 12.4 Å². The molecule has 0 amide bonds. The van der Waals surface area contributed by atoms with E-state index in [1.165, 1.54) is 26.0 Å². The molecular weight excluding hydrogens is 280 g/mol. The zero-order valence-corrected chi connectivity index (χ0v) is 13.6. The van der Waals surface area contributed by atoms with E-state index < -0.39 is 0 Å². The number of nitriles is 2. The molecule has 0 heterocycles. The lowest BCUT2D eigenvalue weighted by Gasteiger charge is -2.04. The molecule has 0 aromatic heterocycles. The predicted octanol–water partition coefficient (Wildman–Crippen LogP) is 1.96. The lowest BCUT2D eigenvalue weighted by atomic mass is 10.2. The lowest BCUT2D eigenvalue weighted by molar-refractivity contribution is -0.113. The number of carbonyl (C=O) groups excluding carboxylic acids is 2. The molecule has 0 aromatic rings. The molecule has 0 rings (SSSR count). The highest BCUT2D eigenvalue weighted by molar-refractivity contribution is 5.87. The van der Waals surface area contributed by atoms with Crippen LogP contribution in [0.1, 0.15) is 40.5 Å². The second kappa shape index (κ2) is 14.8. The summed E-state index contributed by atoms with van der Waals surface area (Å²) in [6.07, 6.45) is 6.92. The molecular formula is C16H24N4O2. The highest BCUT2D eigenvalue weighted by Gasteiger charge is 1.95. The quantitative estimate of drug-likeness (QED) is 0.664. The largest absolute Gasteiger partial charge is 0.387 e. The van der Waals surface area contributed by atoms with Gasteiger partial charge in [0.15, 0.2) is 11.6 Å². The monoisotopic (exact) mass is 304 g/mol. The third kappa shape index (κ3) is 19.7. The minimum atomic E-state index is 0.00153. The summed E-state index contributed by atoms with van der Waals surface area (Å²) < 4.78 is 0. The van der Waals surface area contributed by atoms with Gasteiger partial charge in [-0.1, -0.05) is 0 Å². The molecule has 0 radical (unpaired) electrons. The summed E-state index contributed by atoms with van der Waals surface area (Å²) in [5, 5.41) is 22.3. The molecule has 0 aliphatic heterocycles. The molecule has 0 bridgehead atoms. The molecule has 0 aliphatic carbocycles. The average Bonchev–Trinajstić information content (AvgIpc) is 2.39. The maximum atomic E-state index is 10.4. The maximum Gasteiger partial charge on any atom is 0.154 e. The number of rotatable bonds is 8. The zero-order chi connectivity index (χ0) is 17.4. The van der Waals surface area contributed by atoms with Gasteiger partial charge in [0, 0.05) is 24.5 Å². The molecule has 22 heavy (non-hydrogen) atoms. The Morgan fingerprint density at radius 2 is 1.23 bits per heavy atom. The third-order valence-electron chi connectivity index (χ3n) is 2.19. The van der Waals surface area contributed by atoms with Crippen LogP contribution in [0, 0.1) is 22.7 Å². The molecule has 6 heteroatoms. The van der Waals surface area contributed by atoms with Gasteiger partial charge in [-0.3, -0.25) is 9.59 Å². The summed E-state index contributed by atoms with van der Waals surface area (Å²) >= 11 is 0. The average molecular weight is 304 g/mol. The molecule has 0 fully saturated rings. The van der Waals surface area contributed by atoms with Crippen molar-refractivity contribution in [3.8, 4) is 12.1 Å². The maximum absolute atomic E-state index is 10.4. The van der Waals surface area contributed by atoms with Crippen molar-refractivity contribution in [3.63, 3.8) is 0 Å². The first-order valence-corrected chi connectivity index (χ1v) is 6.93. The minimum Gasteiger partial charge on any atom is -0.387 e. The smallest absolute Gasteiger partial charge is 0.154 e. The Labute approximate surface area is 132 Å². The number of nitrogens with zero attached hydrogens (tertiary/aromatic N) is 2. The van der Waals surface area contributed by atoms with Crippen molar-refractivity contribution in [3.05, 3.63) is 24.6 Å². The zero-order valence-electron chi connectivity index (χ0n) is 13.6. The van der Waals surface area contributed by atoms with Gasteiger partial charge in [0.25, 0.3) is 0 Å². The first kappa shape index (κ1) is 21.7. The molecule has 6 nitrogen and oxygen atoms in total. The van der Waals surface area contributed by atoms with Crippen molar-refractivity contribution >= 4 is 11.6 Å². The van der Waals surface area contributed by atoms with Crippen molar-refractivity contribution in [2.75, 3.05) is 0 Å².